The zero-order valence-electron chi connectivity index (χ0n) is 13.9. The van der Waals surface area contributed by atoms with E-state index in [1.807, 2.05) is 0 Å². The number of carbonyl (C=O) groups is 1. The summed E-state index contributed by atoms with van der Waals surface area (Å²) in [5.41, 5.74) is 3.27. The first-order valence-electron chi connectivity index (χ1n) is 8.63. The average molecular weight is 286 g/mol. The van der Waals surface area contributed by atoms with Crippen LogP contribution in [0.2, 0.25) is 0 Å². The normalized spacial score (nSPS) is 30.5. The molecule has 1 nitrogen and oxygen atoms in total. The van der Waals surface area contributed by atoms with Crippen LogP contribution in [0.15, 0.2) is 35.5 Å². The van der Waals surface area contributed by atoms with Crippen molar-refractivity contribution in [3.8, 4) is 0 Å². The maximum Gasteiger partial charge on any atom is 0.120 e. The zero-order chi connectivity index (χ0) is 15.3. The van der Waals surface area contributed by atoms with Crippen LogP contribution in [0.4, 0.5) is 0 Å². The van der Waals surface area contributed by atoms with Crippen molar-refractivity contribution in [1.82, 2.24) is 0 Å². The Bertz CT molecular complexity index is 444. The summed E-state index contributed by atoms with van der Waals surface area (Å²) in [6, 6.07) is 0. The fourth-order valence-corrected chi connectivity index (χ4v) is 3.74. The predicted molar refractivity (Wildman–Crippen MR) is 90.1 cm³/mol. The predicted octanol–water partition coefficient (Wildman–Crippen LogP) is 5.63. The highest BCUT2D eigenvalue weighted by molar-refractivity contribution is 5.49. The summed E-state index contributed by atoms with van der Waals surface area (Å²) in [4.78, 5) is 10.5. The van der Waals surface area contributed by atoms with Gasteiger partial charge in [0, 0.05) is 11.8 Å². The highest BCUT2D eigenvalue weighted by atomic mass is 16.1. The van der Waals surface area contributed by atoms with Gasteiger partial charge in [-0.25, -0.2) is 0 Å². The summed E-state index contributed by atoms with van der Waals surface area (Å²) in [6.45, 7) is 6.87. The van der Waals surface area contributed by atoms with Crippen LogP contribution in [0.3, 0.4) is 0 Å². The molecule has 1 fully saturated rings. The lowest BCUT2D eigenvalue weighted by molar-refractivity contribution is -0.108. The molecule has 2 aliphatic rings. The molecule has 0 saturated heterocycles. The van der Waals surface area contributed by atoms with Crippen molar-refractivity contribution >= 4 is 6.29 Å². The quantitative estimate of drug-likeness (QED) is 0.598. The van der Waals surface area contributed by atoms with Crippen molar-refractivity contribution in [1.29, 1.82) is 0 Å². The first kappa shape index (κ1) is 16.3. The Balaban J connectivity index is 2.06. The minimum atomic E-state index is 0.281. The van der Waals surface area contributed by atoms with E-state index < -0.39 is 0 Å². The average Bonchev–Trinajstić information content (AvgIpc) is 2.67. The summed E-state index contributed by atoms with van der Waals surface area (Å²) in [5, 5.41) is 0. The lowest BCUT2D eigenvalue weighted by Gasteiger charge is -2.39. The van der Waals surface area contributed by atoms with Gasteiger partial charge in [-0.2, -0.15) is 0 Å². The van der Waals surface area contributed by atoms with E-state index in [2.05, 4.69) is 45.1 Å². The molecule has 1 spiro atoms. The maximum absolute atomic E-state index is 10.5. The SMILES string of the molecule is CCC(C)C1=CC=C(C)C2(C=C1)CCC(CCC=O)CC2. The van der Waals surface area contributed by atoms with Crippen LogP contribution in [0.25, 0.3) is 0 Å². The molecule has 0 N–H and O–H groups in total. The molecule has 0 bridgehead atoms. The summed E-state index contributed by atoms with van der Waals surface area (Å²) >= 11 is 0. The van der Waals surface area contributed by atoms with Crippen molar-refractivity contribution < 1.29 is 4.79 Å². The second-order valence-electron chi connectivity index (χ2n) is 7.00. The molecule has 1 heteroatoms. The van der Waals surface area contributed by atoms with Crippen LogP contribution in [-0.4, -0.2) is 6.29 Å². The van der Waals surface area contributed by atoms with Gasteiger partial charge in [0.05, 0.1) is 0 Å². The van der Waals surface area contributed by atoms with Crippen LogP contribution in [0.5, 0.6) is 0 Å². The Labute approximate surface area is 130 Å². The van der Waals surface area contributed by atoms with Crippen molar-refractivity contribution in [3.05, 3.63) is 35.5 Å². The molecule has 2 rings (SSSR count). The first-order chi connectivity index (χ1) is 10.1. The van der Waals surface area contributed by atoms with E-state index in [4.69, 9.17) is 0 Å². The molecule has 1 saturated carbocycles. The topological polar surface area (TPSA) is 17.1 Å². The third-order valence-corrected chi connectivity index (χ3v) is 5.78. The smallest absolute Gasteiger partial charge is 0.120 e. The van der Waals surface area contributed by atoms with Crippen molar-refractivity contribution in [3.63, 3.8) is 0 Å². The van der Waals surface area contributed by atoms with Crippen LogP contribution >= 0.6 is 0 Å². The molecule has 2 aliphatic carbocycles. The van der Waals surface area contributed by atoms with Crippen molar-refractivity contribution in [2.75, 3.05) is 0 Å². The van der Waals surface area contributed by atoms with Crippen LogP contribution < -0.4 is 0 Å². The number of hydrogen-bond acceptors (Lipinski definition) is 1. The maximum atomic E-state index is 10.5. The molecule has 0 aromatic rings. The van der Waals surface area contributed by atoms with Gasteiger partial charge in [0.25, 0.3) is 0 Å². The second-order valence-corrected chi connectivity index (χ2v) is 7.00. The summed E-state index contributed by atoms with van der Waals surface area (Å²) in [7, 11) is 0. The highest BCUT2D eigenvalue weighted by Crippen LogP contribution is 2.47. The molecule has 0 radical (unpaired) electrons. The molecule has 0 heterocycles. The zero-order valence-corrected chi connectivity index (χ0v) is 13.9. The number of carbonyl (C=O) groups excluding carboxylic acids is 1. The Morgan fingerprint density at radius 3 is 2.67 bits per heavy atom. The Hall–Kier alpha value is -1.11. The molecule has 21 heavy (non-hydrogen) atoms. The molecule has 116 valence electrons. The third kappa shape index (κ3) is 3.75. The first-order valence-corrected chi connectivity index (χ1v) is 8.63. The Morgan fingerprint density at radius 1 is 1.33 bits per heavy atom. The van der Waals surface area contributed by atoms with E-state index in [-0.39, 0.29) is 5.41 Å². The monoisotopic (exact) mass is 286 g/mol. The number of aldehydes is 1. The second kappa shape index (κ2) is 7.24. The van der Waals surface area contributed by atoms with Gasteiger partial charge in [0.2, 0.25) is 0 Å². The van der Waals surface area contributed by atoms with Gasteiger partial charge in [-0.15, -0.1) is 0 Å². The third-order valence-electron chi connectivity index (χ3n) is 5.78. The molecule has 0 amide bonds. The highest BCUT2D eigenvalue weighted by Gasteiger charge is 2.34. The summed E-state index contributed by atoms with van der Waals surface area (Å²) < 4.78 is 0. The van der Waals surface area contributed by atoms with Gasteiger partial charge in [0.1, 0.15) is 6.29 Å². The molecular weight excluding hydrogens is 256 g/mol. The lowest BCUT2D eigenvalue weighted by atomic mass is 9.66. The van der Waals surface area contributed by atoms with E-state index >= 15 is 0 Å². The Kier molecular flexibility index (Phi) is 5.61. The summed E-state index contributed by atoms with van der Waals surface area (Å²) in [6.07, 6.45) is 18.7. The van der Waals surface area contributed by atoms with Gasteiger partial charge in [0.15, 0.2) is 0 Å². The lowest BCUT2D eigenvalue weighted by Crippen LogP contribution is -2.26. The van der Waals surface area contributed by atoms with Gasteiger partial charge < -0.3 is 4.79 Å². The van der Waals surface area contributed by atoms with Gasteiger partial charge >= 0.3 is 0 Å². The van der Waals surface area contributed by atoms with Crippen molar-refractivity contribution in [2.24, 2.45) is 17.3 Å². The molecule has 0 aliphatic heterocycles. The van der Waals surface area contributed by atoms with E-state index in [9.17, 15) is 4.79 Å². The standard InChI is InChI=1S/C20H30O/c1-4-16(2)19-8-7-17(3)20(14-11-19)12-9-18(10-13-20)6-5-15-21/h7-8,11,14-16,18H,4-6,9-10,12-13H2,1-3H3. The minimum Gasteiger partial charge on any atom is -0.303 e. The molecular formula is C20H30O. The van der Waals surface area contributed by atoms with E-state index in [1.165, 1.54) is 43.3 Å². The molecule has 0 aromatic heterocycles. The van der Waals surface area contributed by atoms with Crippen LogP contribution in [0.1, 0.15) is 65.7 Å². The largest absolute Gasteiger partial charge is 0.303 e. The summed E-state index contributed by atoms with van der Waals surface area (Å²) in [5.74, 6) is 1.40. The van der Waals surface area contributed by atoms with E-state index in [1.54, 1.807) is 0 Å². The number of hydrogen-bond donors (Lipinski definition) is 0. The molecule has 0 aromatic carbocycles. The molecule has 1 atom stereocenters. The minimum absolute atomic E-state index is 0.281. The fraction of sp³-hybridized carbons (Fsp3) is 0.650. The Morgan fingerprint density at radius 2 is 2.05 bits per heavy atom. The fourth-order valence-electron chi connectivity index (χ4n) is 3.74. The van der Waals surface area contributed by atoms with Gasteiger partial charge in [-0.05, 0) is 62.9 Å². The van der Waals surface area contributed by atoms with Gasteiger partial charge in [-0.3, -0.25) is 0 Å². The van der Waals surface area contributed by atoms with Crippen LogP contribution in [-0.2, 0) is 4.79 Å². The van der Waals surface area contributed by atoms with E-state index in [0.29, 0.717) is 5.92 Å². The van der Waals surface area contributed by atoms with E-state index in [0.717, 1.165) is 25.0 Å². The number of allylic oxidation sites excluding steroid dienone is 6. The number of rotatable bonds is 5. The van der Waals surface area contributed by atoms with Gasteiger partial charge in [-0.1, -0.05) is 43.7 Å². The van der Waals surface area contributed by atoms with Crippen LogP contribution in [0, 0.1) is 17.3 Å². The molecule has 1 unspecified atom stereocenters. The van der Waals surface area contributed by atoms with Crippen molar-refractivity contribution in [2.45, 2.75) is 65.7 Å².